The number of aliphatic hydroxyl groups is 1. The van der Waals surface area contributed by atoms with Crippen LogP contribution in [-0.2, 0) is 14.3 Å². The van der Waals surface area contributed by atoms with Gasteiger partial charge in [0.25, 0.3) is 0 Å². The largest absolute Gasteiger partial charge is 0.479 e. The van der Waals surface area contributed by atoms with E-state index >= 15 is 0 Å². The molecule has 2 aromatic rings. The van der Waals surface area contributed by atoms with Crippen molar-refractivity contribution in [2.24, 2.45) is 0 Å². The molecule has 2 aromatic heterocycles. The standard InChI is InChI=1S/C13H15BrN4O5/c1-6(20)22-10-8(14)7(3-19)23-13(10)18-5-17-9-11(18)15-4-16-12(9)21-2/h4-5,7-8,10,13,19H,3H2,1-2H3/t7-,8+,10-,13-/m1/s1. The van der Waals surface area contributed by atoms with Crippen LogP contribution in [0.3, 0.4) is 0 Å². The number of carbonyl (C=O) groups excluding carboxylic acids is 1. The summed E-state index contributed by atoms with van der Waals surface area (Å²) in [7, 11) is 1.49. The summed E-state index contributed by atoms with van der Waals surface area (Å²) in [6.45, 7) is 1.11. The summed E-state index contributed by atoms with van der Waals surface area (Å²) in [4.78, 5) is 23.5. The van der Waals surface area contributed by atoms with E-state index in [1.807, 2.05) is 0 Å². The van der Waals surface area contributed by atoms with E-state index in [-0.39, 0.29) is 11.4 Å². The second-order valence-corrected chi connectivity index (χ2v) is 6.03. The van der Waals surface area contributed by atoms with Gasteiger partial charge >= 0.3 is 5.97 Å². The minimum Gasteiger partial charge on any atom is -0.479 e. The Balaban J connectivity index is 2.03. The first-order valence-electron chi connectivity index (χ1n) is 6.86. The Morgan fingerprint density at radius 3 is 2.91 bits per heavy atom. The molecule has 0 amide bonds. The SMILES string of the molecule is COc1ncnc2c1ncn2[C@@H]1O[C@H](CO)[C@H](Br)[C@H]1OC(C)=O. The molecule has 3 rings (SSSR count). The maximum Gasteiger partial charge on any atom is 0.303 e. The van der Waals surface area contributed by atoms with Crippen LogP contribution in [-0.4, -0.2) is 61.3 Å². The predicted molar refractivity (Wildman–Crippen MR) is 81.1 cm³/mol. The molecule has 4 atom stereocenters. The van der Waals surface area contributed by atoms with Gasteiger partial charge < -0.3 is 19.3 Å². The summed E-state index contributed by atoms with van der Waals surface area (Å²) >= 11 is 3.42. The van der Waals surface area contributed by atoms with E-state index in [9.17, 15) is 9.90 Å². The van der Waals surface area contributed by atoms with Crippen LogP contribution in [0.4, 0.5) is 0 Å². The molecule has 23 heavy (non-hydrogen) atoms. The molecule has 1 saturated heterocycles. The van der Waals surface area contributed by atoms with Gasteiger partial charge in [-0.25, -0.2) is 9.97 Å². The number of hydrogen-bond donors (Lipinski definition) is 1. The number of halogens is 1. The van der Waals surface area contributed by atoms with E-state index < -0.39 is 24.4 Å². The van der Waals surface area contributed by atoms with Crippen molar-refractivity contribution in [3.05, 3.63) is 12.7 Å². The topological polar surface area (TPSA) is 109 Å². The Morgan fingerprint density at radius 2 is 2.26 bits per heavy atom. The molecule has 1 aliphatic heterocycles. The fourth-order valence-corrected chi connectivity index (χ4v) is 3.21. The first-order valence-corrected chi connectivity index (χ1v) is 7.77. The molecule has 3 heterocycles. The van der Waals surface area contributed by atoms with Crippen molar-refractivity contribution < 1.29 is 24.1 Å². The van der Waals surface area contributed by atoms with Gasteiger partial charge in [-0.3, -0.25) is 9.36 Å². The molecule has 10 heteroatoms. The highest BCUT2D eigenvalue weighted by atomic mass is 79.9. The first kappa shape index (κ1) is 16.1. The summed E-state index contributed by atoms with van der Waals surface area (Å²) in [5.74, 6) is -0.104. The molecule has 1 N–H and O–H groups in total. The molecule has 0 radical (unpaired) electrons. The van der Waals surface area contributed by atoms with E-state index in [0.717, 1.165) is 0 Å². The number of alkyl halides is 1. The highest BCUT2D eigenvalue weighted by Gasteiger charge is 2.46. The quantitative estimate of drug-likeness (QED) is 0.594. The van der Waals surface area contributed by atoms with Crippen molar-refractivity contribution in [1.82, 2.24) is 19.5 Å². The summed E-state index contributed by atoms with van der Waals surface area (Å²) < 4.78 is 18.0. The molecule has 0 spiro atoms. The predicted octanol–water partition coefficient (Wildman–Crippen LogP) is 0.420. The third-order valence-electron chi connectivity index (χ3n) is 3.54. The smallest absolute Gasteiger partial charge is 0.303 e. The first-order chi connectivity index (χ1) is 11.1. The number of imidazole rings is 1. The van der Waals surface area contributed by atoms with E-state index in [0.29, 0.717) is 17.0 Å². The molecular formula is C13H15BrN4O5. The van der Waals surface area contributed by atoms with Gasteiger partial charge in [-0.05, 0) is 0 Å². The average molecular weight is 387 g/mol. The summed E-state index contributed by atoms with van der Waals surface area (Å²) in [6, 6.07) is 0. The molecule has 124 valence electrons. The number of nitrogens with zero attached hydrogens (tertiary/aromatic N) is 4. The lowest BCUT2D eigenvalue weighted by Crippen LogP contribution is -2.32. The fourth-order valence-electron chi connectivity index (χ4n) is 2.55. The molecular weight excluding hydrogens is 372 g/mol. The van der Waals surface area contributed by atoms with Gasteiger partial charge in [-0.1, -0.05) is 15.9 Å². The summed E-state index contributed by atoms with van der Waals surface area (Å²) in [5.41, 5.74) is 0.955. The maximum absolute atomic E-state index is 11.4. The molecule has 0 aromatic carbocycles. The van der Waals surface area contributed by atoms with Gasteiger partial charge in [-0.2, -0.15) is 4.98 Å². The van der Waals surface area contributed by atoms with Crippen LogP contribution in [0.1, 0.15) is 13.2 Å². The Bertz CT molecular complexity index is 723. The average Bonchev–Trinajstić information content (AvgIpc) is 3.09. The minimum absolute atomic E-state index is 0.213. The fraction of sp³-hybridized carbons (Fsp3) is 0.538. The summed E-state index contributed by atoms with van der Waals surface area (Å²) in [6.07, 6.45) is 1.03. The second-order valence-electron chi connectivity index (χ2n) is 4.97. The van der Waals surface area contributed by atoms with Gasteiger partial charge in [0.05, 0.1) is 31.0 Å². The second kappa shape index (κ2) is 6.38. The number of carbonyl (C=O) groups is 1. The van der Waals surface area contributed by atoms with Crippen molar-refractivity contribution in [1.29, 1.82) is 0 Å². The van der Waals surface area contributed by atoms with Crippen molar-refractivity contribution in [2.75, 3.05) is 13.7 Å². The number of fused-ring (bicyclic) bond motifs is 1. The van der Waals surface area contributed by atoms with Crippen molar-refractivity contribution in [3.8, 4) is 5.88 Å². The molecule has 1 fully saturated rings. The lowest BCUT2D eigenvalue weighted by atomic mass is 10.2. The van der Waals surface area contributed by atoms with Gasteiger partial charge in [-0.15, -0.1) is 0 Å². The number of methoxy groups -OCH3 is 1. The highest BCUT2D eigenvalue weighted by molar-refractivity contribution is 9.09. The van der Waals surface area contributed by atoms with Crippen LogP contribution in [0.25, 0.3) is 11.2 Å². The van der Waals surface area contributed by atoms with E-state index in [1.54, 1.807) is 4.57 Å². The number of esters is 1. The van der Waals surface area contributed by atoms with Crippen molar-refractivity contribution >= 4 is 33.1 Å². The summed E-state index contributed by atoms with van der Waals surface area (Å²) in [5, 5.41) is 9.43. The Morgan fingerprint density at radius 1 is 1.48 bits per heavy atom. The highest BCUT2D eigenvalue weighted by Crippen LogP contribution is 2.37. The van der Waals surface area contributed by atoms with Gasteiger partial charge in [0, 0.05) is 6.92 Å². The van der Waals surface area contributed by atoms with Crippen LogP contribution in [0.15, 0.2) is 12.7 Å². The van der Waals surface area contributed by atoms with Crippen molar-refractivity contribution in [2.45, 2.75) is 30.2 Å². The number of aliphatic hydroxyl groups excluding tert-OH is 1. The Labute approximate surface area is 139 Å². The number of rotatable bonds is 4. The zero-order chi connectivity index (χ0) is 16.6. The number of hydrogen-bond acceptors (Lipinski definition) is 8. The third-order valence-corrected chi connectivity index (χ3v) is 4.65. The Kier molecular flexibility index (Phi) is 4.46. The normalized spacial score (nSPS) is 27.3. The van der Waals surface area contributed by atoms with E-state index in [1.165, 1.54) is 26.7 Å². The minimum atomic E-state index is -0.676. The van der Waals surface area contributed by atoms with Crippen LogP contribution >= 0.6 is 15.9 Å². The van der Waals surface area contributed by atoms with Crippen LogP contribution in [0.2, 0.25) is 0 Å². The lowest BCUT2D eigenvalue weighted by Gasteiger charge is -2.21. The van der Waals surface area contributed by atoms with E-state index in [2.05, 4.69) is 30.9 Å². The van der Waals surface area contributed by atoms with E-state index in [4.69, 9.17) is 14.2 Å². The molecule has 9 nitrogen and oxygen atoms in total. The molecule has 0 saturated carbocycles. The number of ether oxygens (including phenoxy) is 3. The zero-order valence-corrected chi connectivity index (χ0v) is 14.0. The third kappa shape index (κ3) is 2.77. The zero-order valence-electron chi connectivity index (χ0n) is 12.4. The number of aromatic nitrogens is 4. The van der Waals surface area contributed by atoms with Gasteiger partial charge in [0.15, 0.2) is 23.5 Å². The van der Waals surface area contributed by atoms with Gasteiger partial charge in [0.1, 0.15) is 6.33 Å². The monoisotopic (exact) mass is 386 g/mol. The van der Waals surface area contributed by atoms with Crippen LogP contribution in [0.5, 0.6) is 5.88 Å². The van der Waals surface area contributed by atoms with Crippen LogP contribution < -0.4 is 4.74 Å². The lowest BCUT2D eigenvalue weighted by molar-refractivity contribution is -0.152. The Hall–Kier alpha value is -1.78. The molecule has 0 bridgehead atoms. The maximum atomic E-state index is 11.4. The molecule has 1 aliphatic rings. The van der Waals surface area contributed by atoms with Crippen molar-refractivity contribution in [3.63, 3.8) is 0 Å². The molecule has 0 aliphatic carbocycles. The van der Waals surface area contributed by atoms with Crippen LogP contribution in [0, 0.1) is 0 Å². The molecule has 0 unspecified atom stereocenters. The van der Waals surface area contributed by atoms with Gasteiger partial charge in [0.2, 0.25) is 5.88 Å².